The first-order valence-electron chi connectivity index (χ1n) is 9.41. The number of hydrogen-bond donors (Lipinski definition) is 2. The van der Waals surface area contributed by atoms with Gasteiger partial charge >= 0.3 is 0 Å². The minimum absolute atomic E-state index is 0.313. The van der Waals surface area contributed by atoms with Gasteiger partial charge in [0.25, 0.3) is 0 Å². The number of unbranched alkanes of at least 4 members (excludes halogenated alkanes) is 1. The van der Waals surface area contributed by atoms with Crippen molar-refractivity contribution < 1.29 is 9.47 Å². The summed E-state index contributed by atoms with van der Waals surface area (Å²) in [6, 6.07) is 0. The lowest BCUT2D eigenvalue weighted by molar-refractivity contribution is 0.0168. The Hall–Kier alpha value is -1.60. The van der Waals surface area contributed by atoms with Gasteiger partial charge < -0.3 is 24.7 Å². The van der Waals surface area contributed by atoms with Crippen molar-refractivity contribution in [1.82, 2.24) is 20.2 Å². The Labute approximate surface area is 151 Å². The van der Waals surface area contributed by atoms with E-state index in [1.165, 1.54) is 6.42 Å². The summed E-state index contributed by atoms with van der Waals surface area (Å²) in [4.78, 5) is 8.48. The Morgan fingerprint density at radius 1 is 1.36 bits per heavy atom. The zero-order chi connectivity index (χ0) is 17.7. The normalized spacial score (nSPS) is 17.8. The Morgan fingerprint density at radius 2 is 2.20 bits per heavy atom. The third-order valence-electron chi connectivity index (χ3n) is 4.35. The van der Waals surface area contributed by atoms with Gasteiger partial charge in [0, 0.05) is 52.3 Å². The summed E-state index contributed by atoms with van der Waals surface area (Å²) in [5.74, 6) is 1.94. The molecular weight excluding hydrogens is 318 g/mol. The molecule has 25 heavy (non-hydrogen) atoms. The largest absolute Gasteiger partial charge is 0.379 e. The number of aryl methyl sites for hydroxylation is 2. The Balaban J connectivity index is 1.43. The summed E-state index contributed by atoms with van der Waals surface area (Å²) in [5.41, 5.74) is 0. The lowest BCUT2D eigenvalue weighted by atomic mass is 10.2. The van der Waals surface area contributed by atoms with Crippen molar-refractivity contribution in [2.45, 2.75) is 51.7 Å². The van der Waals surface area contributed by atoms with Crippen LogP contribution >= 0.6 is 0 Å². The predicted octanol–water partition coefficient (Wildman–Crippen LogP) is 1.72. The van der Waals surface area contributed by atoms with Crippen LogP contribution in [0.1, 0.15) is 37.9 Å². The SMILES string of the molecule is CN=C(NCCCCn1ccnc1C)NCCCOCC1CCCO1. The molecule has 0 saturated carbocycles. The summed E-state index contributed by atoms with van der Waals surface area (Å²) in [6.45, 7) is 7.20. The number of nitrogens with zero attached hydrogens (tertiary/aromatic N) is 3. The van der Waals surface area contributed by atoms with E-state index in [1.807, 2.05) is 19.3 Å². The third kappa shape index (κ3) is 7.88. The summed E-state index contributed by atoms with van der Waals surface area (Å²) in [5, 5.41) is 6.68. The van der Waals surface area contributed by atoms with E-state index in [9.17, 15) is 0 Å². The number of aromatic nitrogens is 2. The first kappa shape index (κ1) is 19.7. The maximum Gasteiger partial charge on any atom is 0.190 e. The van der Waals surface area contributed by atoms with Crippen LogP contribution in [0, 0.1) is 6.92 Å². The van der Waals surface area contributed by atoms with E-state index in [2.05, 4.69) is 25.2 Å². The molecule has 2 N–H and O–H groups in total. The molecule has 1 atom stereocenters. The molecule has 1 aromatic heterocycles. The van der Waals surface area contributed by atoms with Gasteiger partial charge in [0.2, 0.25) is 0 Å². The Kier molecular flexibility index (Phi) is 9.36. The zero-order valence-electron chi connectivity index (χ0n) is 15.7. The highest BCUT2D eigenvalue weighted by atomic mass is 16.5. The lowest BCUT2D eigenvalue weighted by Gasteiger charge is -2.13. The van der Waals surface area contributed by atoms with Gasteiger partial charge in [0.15, 0.2) is 5.96 Å². The van der Waals surface area contributed by atoms with Crippen LogP contribution < -0.4 is 10.6 Å². The second-order valence-corrected chi connectivity index (χ2v) is 6.36. The van der Waals surface area contributed by atoms with Crippen molar-refractivity contribution in [3.05, 3.63) is 18.2 Å². The topological polar surface area (TPSA) is 72.7 Å². The molecule has 0 amide bonds. The van der Waals surface area contributed by atoms with Crippen LogP contribution in [-0.2, 0) is 16.0 Å². The van der Waals surface area contributed by atoms with Crippen molar-refractivity contribution in [2.24, 2.45) is 4.99 Å². The molecule has 0 radical (unpaired) electrons. The van der Waals surface area contributed by atoms with E-state index < -0.39 is 0 Å². The number of aliphatic imine (C=N–C) groups is 1. The average molecular weight is 351 g/mol. The van der Waals surface area contributed by atoms with Gasteiger partial charge in [-0.25, -0.2) is 4.98 Å². The molecule has 0 spiro atoms. The van der Waals surface area contributed by atoms with Gasteiger partial charge in [0.05, 0.1) is 12.7 Å². The second kappa shape index (κ2) is 11.9. The minimum Gasteiger partial charge on any atom is -0.379 e. The van der Waals surface area contributed by atoms with Gasteiger partial charge in [-0.1, -0.05) is 0 Å². The summed E-state index contributed by atoms with van der Waals surface area (Å²) < 4.78 is 13.4. The number of imidazole rings is 1. The fourth-order valence-electron chi connectivity index (χ4n) is 2.85. The van der Waals surface area contributed by atoms with Crippen LogP contribution in [0.3, 0.4) is 0 Å². The molecule has 0 aliphatic carbocycles. The van der Waals surface area contributed by atoms with Gasteiger partial charge in [-0.05, 0) is 39.0 Å². The quantitative estimate of drug-likeness (QED) is 0.361. The van der Waals surface area contributed by atoms with Crippen molar-refractivity contribution in [2.75, 3.05) is 40.0 Å². The van der Waals surface area contributed by atoms with Crippen LogP contribution in [0.4, 0.5) is 0 Å². The molecule has 0 aromatic carbocycles. The first-order chi connectivity index (χ1) is 12.3. The highest BCUT2D eigenvalue weighted by Crippen LogP contribution is 2.11. The van der Waals surface area contributed by atoms with Crippen molar-refractivity contribution in [3.8, 4) is 0 Å². The average Bonchev–Trinajstić information content (AvgIpc) is 3.27. The van der Waals surface area contributed by atoms with Crippen LogP contribution in [0.2, 0.25) is 0 Å². The highest BCUT2D eigenvalue weighted by molar-refractivity contribution is 5.79. The molecule has 1 aromatic rings. The maximum absolute atomic E-state index is 5.66. The summed E-state index contributed by atoms with van der Waals surface area (Å²) >= 11 is 0. The molecule has 142 valence electrons. The lowest BCUT2D eigenvalue weighted by Crippen LogP contribution is -2.38. The molecule has 1 unspecified atom stereocenters. The highest BCUT2D eigenvalue weighted by Gasteiger charge is 2.14. The number of hydrogen-bond acceptors (Lipinski definition) is 4. The minimum atomic E-state index is 0.313. The standard InChI is InChI=1S/C18H33N5O2/c1-16-20-10-12-23(16)11-4-3-8-21-18(19-2)22-9-6-13-24-15-17-7-5-14-25-17/h10,12,17H,3-9,11,13-15H2,1-2H3,(H2,19,21,22). The van der Waals surface area contributed by atoms with Crippen molar-refractivity contribution in [3.63, 3.8) is 0 Å². The molecule has 0 bridgehead atoms. The van der Waals surface area contributed by atoms with E-state index in [4.69, 9.17) is 9.47 Å². The monoisotopic (exact) mass is 351 g/mol. The van der Waals surface area contributed by atoms with E-state index in [1.54, 1.807) is 7.05 Å². The second-order valence-electron chi connectivity index (χ2n) is 6.36. The van der Waals surface area contributed by atoms with Gasteiger partial charge in [-0.3, -0.25) is 4.99 Å². The van der Waals surface area contributed by atoms with Crippen LogP contribution in [0.5, 0.6) is 0 Å². The summed E-state index contributed by atoms with van der Waals surface area (Å²) in [6.07, 6.45) is 9.69. The van der Waals surface area contributed by atoms with E-state index in [0.29, 0.717) is 6.10 Å². The van der Waals surface area contributed by atoms with E-state index in [0.717, 1.165) is 76.9 Å². The maximum atomic E-state index is 5.66. The third-order valence-corrected chi connectivity index (χ3v) is 4.35. The predicted molar refractivity (Wildman–Crippen MR) is 100.0 cm³/mol. The van der Waals surface area contributed by atoms with Gasteiger partial charge in [-0.2, -0.15) is 0 Å². The van der Waals surface area contributed by atoms with Gasteiger partial charge in [0.1, 0.15) is 5.82 Å². The molecule has 1 aliphatic rings. The van der Waals surface area contributed by atoms with Crippen LogP contribution in [0.25, 0.3) is 0 Å². The van der Waals surface area contributed by atoms with Crippen molar-refractivity contribution >= 4 is 5.96 Å². The number of guanidine groups is 1. The molecule has 1 saturated heterocycles. The number of nitrogens with one attached hydrogen (secondary N) is 2. The van der Waals surface area contributed by atoms with Crippen molar-refractivity contribution in [1.29, 1.82) is 0 Å². The number of rotatable bonds is 11. The fraction of sp³-hybridized carbons (Fsp3) is 0.778. The van der Waals surface area contributed by atoms with E-state index >= 15 is 0 Å². The first-order valence-corrected chi connectivity index (χ1v) is 9.41. The van der Waals surface area contributed by atoms with Crippen LogP contribution in [-0.4, -0.2) is 61.6 Å². The fourth-order valence-corrected chi connectivity index (χ4v) is 2.85. The molecule has 1 aliphatic heterocycles. The Morgan fingerprint density at radius 3 is 2.88 bits per heavy atom. The van der Waals surface area contributed by atoms with Crippen LogP contribution in [0.15, 0.2) is 17.4 Å². The molecule has 7 heteroatoms. The molecular formula is C18H33N5O2. The van der Waals surface area contributed by atoms with Gasteiger partial charge in [-0.15, -0.1) is 0 Å². The van der Waals surface area contributed by atoms with E-state index in [-0.39, 0.29) is 0 Å². The summed E-state index contributed by atoms with van der Waals surface area (Å²) in [7, 11) is 1.80. The Bertz CT molecular complexity index is 497. The molecule has 1 fully saturated rings. The smallest absolute Gasteiger partial charge is 0.190 e. The molecule has 7 nitrogen and oxygen atoms in total. The zero-order valence-corrected chi connectivity index (χ0v) is 15.7. The number of ether oxygens (including phenoxy) is 2. The molecule has 2 rings (SSSR count). The molecule has 2 heterocycles.